The minimum atomic E-state index is -0.934. The topological polar surface area (TPSA) is 63.6 Å². The molecule has 4 heteroatoms. The van der Waals surface area contributed by atoms with Crippen molar-refractivity contribution in [3.05, 3.63) is 12.2 Å². The maximum atomic E-state index is 12.0. The molecule has 188 valence electrons. The van der Waals surface area contributed by atoms with Gasteiger partial charge in [0.1, 0.15) is 0 Å². The molecule has 0 amide bonds. The zero-order valence-electron chi connectivity index (χ0n) is 21.3. The highest BCUT2D eigenvalue weighted by atomic mass is 16.5. The zero-order valence-corrected chi connectivity index (χ0v) is 21.3. The molecule has 0 radical (unpaired) electrons. The van der Waals surface area contributed by atoms with Crippen LogP contribution >= 0.6 is 0 Å². The summed E-state index contributed by atoms with van der Waals surface area (Å²) in [5.41, 5.74) is 0. The van der Waals surface area contributed by atoms with E-state index in [0.717, 1.165) is 25.7 Å². The Kier molecular flexibility index (Phi) is 23.3. The van der Waals surface area contributed by atoms with E-state index in [1.165, 1.54) is 89.9 Å². The Labute approximate surface area is 198 Å². The summed E-state index contributed by atoms with van der Waals surface area (Å²) in [5.74, 6) is -1.81. The van der Waals surface area contributed by atoms with Gasteiger partial charge in [-0.05, 0) is 38.5 Å². The zero-order chi connectivity index (χ0) is 23.7. The molecule has 0 aliphatic carbocycles. The van der Waals surface area contributed by atoms with Crippen LogP contribution in [0.4, 0.5) is 0 Å². The molecule has 0 rings (SSSR count). The van der Waals surface area contributed by atoms with Crippen molar-refractivity contribution in [2.75, 3.05) is 6.61 Å². The van der Waals surface area contributed by atoms with E-state index in [4.69, 9.17) is 9.84 Å². The molecule has 4 nitrogen and oxygen atoms in total. The average Bonchev–Trinajstić information content (AvgIpc) is 2.77. The molecule has 0 spiro atoms. The van der Waals surface area contributed by atoms with Crippen LogP contribution in [0.5, 0.6) is 0 Å². The summed E-state index contributed by atoms with van der Waals surface area (Å²) in [5, 5.41) is 9.00. The van der Waals surface area contributed by atoms with E-state index >= 15 is 0 Å². The third kappa shape index (κ3) is 21.9. The molecule has 0 aromatic heterocycles. The van der Waals surface area contributed by atoms with E-state index in [9.17, 15) is 9.59 Å². The predicted octanol–water partition coefficient (Wildman–Crippen LogP) is 8.63. The van der Waals surface area contributed by atoms with Crippen LogP contribution in [0.15, 0.2) is 12.2 Å². The molecule has 0 saturated heterocycles. The van der Waals surface area contributed by atoms with Crippen molar-refractivity contribution in [2.24, 2.45) is 5.92 Å². The Morgan fingerprint density at radius 1 is 0.688 bits per heavy atom. The van der Waals surface area contributed by atoms with Crippen LogP contribution in [0.3, 0.4) is 0 Å². The fourth-order valence-electron chi connectivity index (χ4n) is 4.01. The summed E-state index contributed by atoms with van der Waals surface area (Å²) in [6, 6.07) is 0. The lowest BCUT2D eigenvalue weighted by Gasteiger charge is -2.13. The van der Waals surface area contributed by atoms with Crippen LogP contribution < -0.4 is 0 Å². The minimum absolute atomic E-state index is 0.134. The Bertz CT molecular complexity index is 458. The number of carboxylic acids is 1. The Morgan fingerprint density at radius 3 is 1.62 bits per heavy atom. The number of unbranched alkanes of at least 4 members (excludes halogenated alkanes) is 15. The van der Waals surface area contributed by atoms with Gasteiger partial charge in [-0.2, -0.15) is 0 Å². The van der Waals surface area contributed by atoms with Gasteiger partial charge in [0.05, 0.1) is 18.9 Å². The van der Waals surface area contributed by atoms with Crippen LogP contribution in [0.25, 0.3) is 0 Å². The Morgan fingerprint density at radius 2 is 1.16 bits per heavy atom. The highest BCUT2D eigenvalue weighted by Gasteiger charge is 2.22. The number of rotatable bonds is 24. The summed E-state index contributed by atoms with van der Waals surface area (Å²) in [6.45, 7) is 4.58. The summed E-state index contributed by atoms with van der Waals surface area (Å²) in [7, 11) is 0. The van der Waals surface area contributed by atoms with Gasteiger partial charge in [0.2, 0.25) is 0 Å². The molecule has 0 heterocycles. The highest BCUT2D eigenvalue weighted by molar-refractivity contribution is 5.79. The van der Waals surface area contributed by atoms with Crippen molar-refractivity contribution < 1.29 is 19.4 Å². The molecular weight excluding hydrogens is 400 g/mol. The van der Waals surface area contributed by atoms with Gasteiger partial charge >= 0.3 is 11.9 Å². The first kappa shape index (κ1) is 30.7. The lowest BCUT2D eigenvalue weighted by molar-refractivity contribution is -0.153. The number of aliphatic carboxylic acids is 1. The van der Waals surface area contributed by atoms with Gasteiger partial charge in [-0.3, -0.25) is 9.59 Å². The number of carboxylic acid groups (broad SMARTS) is 1. The second-order valence-corrected chi connectivity index (χ2v) is 9.25. The van der Waals surface area contributed by atoms with Crippen LogP contribution in [0, 0.1) is 5.92 Å². The summed E-state index contributed by atoms with van der Waals surface area (Å²) >= 11 is 0. The standard InChI is InChI=1S/C28H52O4/c1-3-5-6-7-8-9-10-11-12-13-14-15-16-17-18-19-20-21-22-23-26(25-27(29)30)28(31)32-24-4-2/h19-20,26H,3-18,21-25H2,1-2H3,(H,29,30)/b20-19+. The fourth-order valence-corrected chi connectivity index (χ4v) is 4.01. The highest BCUT2D eigenvalue weighted by Crippen LogP contribution is 2.16. The number of carbonyl (C=O) groups excluding carboxylic acids is 1. The maximum absolute atomic E-state index is 12.0. The van der Waals surface area contributed by atoms with E-state index < -0.39 is 11.9 Å². The number of carbonyl (C=O) groups is 2. The molecule has 0 aliphatic heterocycles. The summed E-state index contributed by atoms with van der Waals surface area (Å²) in [6.07, 6.45) is 27.9. The molecule has 0 aliphatic rings. The smallest absolute Gasteiger partial charge is 0.309 e. The normalized spacial score (nSPS) is 12.3. The molecular formula is C28H52O4. The molecule has 1 N–H and O–H groups in total. The summed E-state index contributed by atoms with van der Waals surface area (Å²) in [4.78, 5) is 22.9. The number of hydrogen-bond acceptors (Lipinski definition) is 3. The lowest BCUT2D eigenvalue weighted by Crippen LogP contribution is -2.21. The van der Waals surface area contributed by atoms with Crippen LogP contribution in [0.2, 0.25) is 0 Å². The van der Waals surface area contributed by atoms with Crippen LogP contribution in [-0.2, 0) is 14.3 Å². The molecule has 0 saturated carbocycles. The van der Waals surface area contributed by atoms with E-state index in [1.807, 2.05) is 6.92 Å². The first-order chi connectivity index (χ1) is 15.6. The van der Waals surface area contributed by atoms with Crippen molar-refractivity contribution in [1.29, 1.82) is 0 Å². The van der Waals surface area contributed by atoms with Crippen molar-refractivity contribution in [2.45, 2.75) is 142 Å². The fraction of sp³-hybridized carbons (Fsp3) is 0.857. The second-order valence-electron chi connectivity index (χ2n) is 9.25. The molecule has 32 heavy (non-hydrogen) atoms. The van der Waals surface area contributed by atoms with Gasteiger partial charge in [0.15, 0.2) is 0 Å². The van der Waals surface area contributed by atoms with E-state index in [1.54, 1.807) is 0 Å². The molecule has 0 aromatic carbocycles. The van der Waals surface area contributed by atoms with Crippen molar-refractivity contribution in [1.82, 2.24) is 0 Å². The van der Waals surface area contributed by atoms with E-state index in [-0.39, 0.29) is 12.4 Å². The SMILES string of the molecule is CCCCCCCCCCCCCCCC/C=C/CCCC(CC(=O)O)C(=O)OCCC. The van der Waals surface area contributed by atoms with Gasteiger partial charge in [-0.25, -0.2) is 0 Å². The van der Waals surface area contributed by atoms with Gasteiger partial charge in [-0.15, -0.1) is 0 Å². The molecule has 0 fully saturated rings. The first-order valence-corrected chi connectivity index (χ1v) is 13.6. The lowest BCUT2D eigenvalue weighted by atomic mass is 9.98. The van der Waals surface area contributed by atoms with Gasteiger partial charge < -0.3 is 9.84 Å². The Balaban J connectivity index is 3.50. The minimum Gasteiger partial charge on any atom is -0.481 e. The second kappa shape index (κ2) is 24.3. The van der Waals surface area contributed by atoms with E-state index in [2.05, 4.69) is 19.1 Å². The third-order valence-corrected chi connectivity index (χ3v) is 6.02. The van der Waals surface area contributed by atoms with Crippen molar-refractivity contribution >= 4 is 11.9 Å². The van der Waals surface area contributed by atoms with Crippen molar-refractivity contribution in [3.63, 3.8) is 0 Å². The number of allylic oxidation sites excluding steroid dienone is 2. The number of esters is 1. The quantitative estimate of drug-likeness (QED) is 0.0904. The number of ether oxygens (including phenoxy) is 1. The Hall–Kier alpha value is -1.32. The number of hydrogen-bond donors (Lipinski definition) is 1. The van der Waals surface area contributed by atoms with Gasteiger partial charge in [0, 0.05) is 0 Å². The van der Waals surface area contributed by atoms with Gasteiger partial charge in [-0.1, -0.05) is 109 Å². The van der Waals surface area contributed by atoms with Crippen LogP contribution in [0.1, 0.15) is 142 Å². The predicted molar refractivity (Wildman–Crippen MR) is 135 cm³/mol. The van der Waals surface area contributed by atoms with Gasteiger partial charge in [0.25, 0.3) is 0 Å². The largest absolute Gasteiger partial charge is 0.481 e. The van der Waals surface area contributed by atoms with E-state index in [0.29, 0.717) is 13.0 Å². The van der Waals surface area contributed by atoms with Crippen molar-refractivity contribution in [3.8, 4) is 0 Å². The third-order valence-electron chi connectivity index (χ3n) is 6.02. The maximum Gasteiger partial charge on any atom is 0.309 e. The average molecular weight is 453 g/mol. The molecule has 1 atom stereocenters. The summed E-state index contributed by atoms with van der Waals surface area (Å²) < 4.78 is 5.12. The first-order valence-electron chi connectivity index (χ1n) is 13.6. The molecule has 0 aromatic rings. The molecule has 1 unspecified atom stereocenters. The van der Waals surface area contributed by atoms with Crippen LogP contribution in [-0.4, -0.2) is 23.7 Å². The monoisotopic (exact) mass is 452 g/mol. The molecule has 0 bridgehead atoms.